The molecule has 1 aromatic rings. The van der Waals surface area contributed by atoms with E-state index in [-0.39, 0.29) is 10.5 Å². The zero-order chi connectivity index (χ0) is 17.9. The lowest BCUT2D eigenvalue weighted by Gasteiger charge is -2.22. The smallest absolute Gasteiger partial charge is 0.340 e. The Morgan fingerprint density at radius 3 is 2.42 bits per heavy atom. The van der Waals surface area contributed by atoms with Gasteiger partial charge < -0.3 is 15.4 Å². The van der Waals surface area contributed by atoms with Crippen molar-refractivity contribution in [3.05, 3.63) is 23.8 Å². The van der Waals surface area contributed by atoms with Gasteiger partial charge in [0.05, 0.1) is 16.1 Å². The molecule has 0 bridgehead atoms. The Bertz CT molecular complexity index is 739. The lowest BCUT2D eigenvalue weighted by molar-refractivity contribution is -0.121. The third-order valence-corrected chi connectivity index (χ3v) is 5.57. The van der Waals surface area contributed by atoms with Crippen LogP contribution in [0.4, 0.5) is 5.69 Å². The predicted molar refractivity (Wildman–Crippen MR) is 88.2 cm³/mol. The number of amides is 1. The molecule has 1 amide bonds. The second-order valence-electron chi connectivity index (χ2n) is 5.70. The van der Waals surface area contributed by atoms with Gasteiger partial charge in [0.25, 0.3) is 5.91 Å². The minimum absolute atomic E-state index is 0.0125. The highest BCUT2D eigenvalue weighted by Gasteiger charge is 2.25. The molecule has 0 spiro atoms. The number of carbonyl (C=O) groups is 2. The Morgan fingerprint density at radius 2 is 1.88 bits per heavy atom. The van der Waals surface area contributed by atoms with Crippen LogP contribution in [0.5, 0.6) is 0 Å². The first kappa shape index (κ1) is 18.2. The summed E-state index contributed by atoms with van der Waals surface area (Å²) in [7, 11) is -0.866. The van der Waals surface area contributed by atoms with Gasteiger partial charge in [0.15, 0.2) is 6.61 Å². The average molecular weight is 355 g/mol. The molecule has 1 saturated heterocycles. The summed E-state index contributed by atoms with van der Waals surface area (Å²) < 4.78 is 30.5. The Balaban J connectivity index is 2.45. The fraction of sp³-hybridized carbons (Fsp3) is 0.467. The monoisotopic (exact) mass is 355 g/mol. The number of hydrogen-bond donors (Lipinski definition) is 1. The van der Waals surface area contributed by atoms with Gasteiger partial charge >= 0.3 is 5.97 Å². The zero-order valence-electron chi connectivity index (χ0n) is 13.7. The van der Waals surface area contributed by atoms with E-state index >= 15 is 0 Å². The molecule has 0 aromatic heterocycles. The Hall–Kier alpha value is -2.13. The maximum absolute atomic E-state index is 12.3. The van der Waals surface area contributed by atoms with Crippen molar-refractivity contribution >= 4 is 27.6 Å². The Labute approximate surface area is 141 Å². The summed E-state index contributed by atoms with van der Waals surface area (Å²) in [6, 6.07) is 4.35. The molecule has 0 aliphatic carbocycles. The maximum atomic E-state index is 12.3. The van der Waals surface area contributed by atoms with Crippen LogP contribution >= 0.6 is 0 Å². The second kappa shape index (κ2) is 7.18. The lowest BCUT2D eigenvalue weighted by atomic mass is 10.1. The number of rotatable bonds is 6. The number of benzene rings is 1. The van der Waals surface area contributed by atoms with Crippen LogP contribution in [-0.4, -0.2) is 58.4 Å². The number of ether oxygens (including phenoxy) is 1. The van der Waals surface area contributed by atoms with Crippen LogP contribution in [0.25, 0.3) is 0 Å². The molecule has 0 saturated carbocycles. The van der Waals surface area contributed by atoms with E-state index in [2.05, 4.69) is 0 Å². The number of nitrogens with zero attached hydrogens (tertiary/aromatic N) is 2. The van der Waals surface area contributed by atoms with Crippen molar-refractivity contribution in [3.8, 4) is 0 Å². The first-order chi connectivity index (χ1) is 11.2. The molecule has 132 valence electrons. The van der Waals surface area contributed by atoms with E-state index in [1.807, 2.05) is 4.90 Å². The van der Waals surface area contributed by atoms with Crippen molar-refractivity contribution in [3.63, 3.8) is 0 Å². The van der Waals surface area contributed by atoms with Crippen LogP contribution in [0.3, 0.4) is 0 Å². The van der Waals surface area contributed by atoms with Gasteiger partial charge in [-0.1, -0.05) is 0 Å². The van der Waals surface area contributed by atoms with E-state index in [4.69, 9.17) is 10.5 Å². The van der Waals surface area contributed by atoms with E-state index < -0.39 is 28.5 Å². The SMILES string of the molecule is CN(C)S(=O)(=O)c1ccc(N2CCCC2)c(C(=O)OCC(N)=O)c1. The number of hydrogen-bond acceptors (Lipinski definition) is 6. The summed E-state index contributed by atoms with van der Waals surface area (Å²) in [5.41, 5.74) is 5.70. The number of nitrogens with two attached hydrogens (primary N) is 1. The predicted octanol–water partition coefficient (Wildman–Crippen LogP) is 0.179. The molecule has 9 heteroatoms. The van der Waals surface area contributed by atoms with E-state index in [0.717, 1.165) is 30.2 Å². The average Bonchev–Trinajstić information content (AvgIpc) is 3.06. The minimum Gasteiger partial charge on any atom is -0.452 e. The topological polar surface area (TPSA) is 110 Å². The summed E-state index contributed by atoms with van der Waals surface area (Å²) in [5, 5.41) is 0. The zero-order valence-corrected chi connectivity index (χ0v) is 14.5. The molecule has 24 heavy (non-hydrogen) atoms. The van der Waals surface area contributed by atoms with Crippen molar-refractivity contribution in [2.75, 3.05) is 38.7 Å². The van der Waals surface area contributed by atoms with Crippen molar-refractivity contribution in [1.82, 2.24) is 4.31 Å². The van der Waals surface area contributed by atoms with Gasteiger partial charge in [0, 0.05) is 27.2 Å². The summed E-state index contributed by atoms with van der Waals surface area (Å²) in [6.45, 7) is 0.995. The highest BCUT2D eigenvalue weighted by molar-refractivity contribution is 7.89. The maximum Gasteiger partial charge on any atom is 0.340 e. The lowest BCUT2D eigenvalue weighted by Crippen LogP contribution is -2.26. The third kappa shape index (κ3) is 3.85. The summed E-state index contributed by atoms with van der Waals surface area (Å²) in [6.07, 6.45) is 1.99. The molecule has 0 unspecified atom stereocenters. The van der Waals surface area contributed by atoms with Crippen LogP contribution in [0, 0.1) is 0 Å². The molecular weight excluding hydrogens is 334 g/mol. The van der Waals surface area contributed by atoms with E-state index in [1.54, 1.807) is 6.07 Å². The summed E-state index contributed by atoms with van der Waals surface area (Å²) in [4.78, 5) is 25.1. The quantitative estimate of drug-likeness (QED) is 0.729. The molecule has 1 fully saturated rings. The number of sulfonamides is 1. The van der Waals surface area contributed by atoms with Gasteiger partial charge in [-0.2, -0.15) is 0 Å². The summed E-state index contributed by atoms with van der Waals surface area (Å²) in [5.74, 6) is -1.55. The van der Waals surface area contributed by atoms with Crippen LogP contribution in [0.1, 0.15) is 23.2 Å². The molecule has 1 aliphatic heterocycles. The van der Waals surface area contributed by atoms with Gasteiger partial charge in [-0.3, -0.25) is 4.79 Å². The number of esters is 1. The molecule has 2 rings (SSSR count). The van der Waals surface area contributed by atoms with Crippen molar-refractivity contribution in [1.29, 1.82) is 0 Å². The van der Waals surface area contributed by atoms with E-state index in [9.17, 15) is 18.0 Å². The Kier molecular flexibility index (Phi) is 5.45. The minimum atomic E-state index is -3.69. The fourth-order valence-electron chi connectivity index (χ4n) is 2.50. The van der Waals surface area contributed by atoms with E-state index in [1.165, 1.54) is 26.2 Å². The molecule has 0 atom stereocenters. The molecule has 1 heterocycles. The van der Waals surface area contributed by atoms with Gasteiger partial charge in [0.1, 0.15) is 0 Å². The van der Waals surface area contributed by atoms with Crippen molar-refractivity contribution in [2.45, 2.75) is 17.7 Å². The van der Waals surface area contributed by atoms with Gasteiger partial charge in [0.2, 0.25) is 10.0 Å². The van der Waals surface area contributed by atoms with Crippen LogP contribution < -0.4 is 10.6 Å². The van der Waals surface area contributed by atoms with E-state index in [0.29, 0.717) is 5.69 Å². The first-order valence-electron chi connectivity index (χ1n) is 7.50. The number of primary amides is 1. The largest absolute Gasteiger partial charge is 0.452 e. The van der Waals surface area contributed by atoms with Crippen molar-refractivity contribution in [2.24, 2.45) is 5.73 Å². The standard InChI is InChI=1S/C15H21N3O5S/c1-17(2)24(21,22)11-5-6-13(18-7-3-4-8-18)12(9-11)15(20)23-10-14(16)19/h5-6,9H,3-4,7-8,10H2,1-2H3,(H2,16,19). The fourth-order valence-corrected chi connectivity index (χ4v) is 3.43. The highest BCUT2D eigenvalue weighted by Crippen LogP contribution is 2.28. The number of carbonyl (C=O) groups excluding carboxylic acids is 2. The third-order valence-electron chi connectivity index (χ3n) is 3.76. The van der Waals surface area contributed by atoms with Crippen LogP contribution in [0.2, 0.25) is 0 Å². The molecule has 8 nitrogen and oxygen atoms in total. The van der Waals surface area contributed by atoms with Crippen LogP contribution in [0.15, 0.2) is 23.1 Å². The normalized spacial score (nSPS) is 14.9. The molecule has 1 aliphatic rings. The highest BCUT2D eigenvalue weighted by atomic mass is 32.2. The van der Waals surface area contributed by atoms with Gasteiger partial charge in [-0.25, -0.2) is 17.5 Å². The molecule has 1 aromatic carbocycles. The molecule has 0 radical (unpaired) electrons. The molecule has 2 N–H and O–H groups in total. The van der Waals surface area contributed by atoms with Crippen molar-refractivity contribution < 1.29 is 22.7 Å². The number of anilines is 1. The molecular formula is C15H21N3O5S. The van der Waals surface area contributed by atoms with Gasteiger partial charge in [-0.05, 0) is 31.0 Å². The second-order valence-corrected chi connectivity index (χ2v) is 7.85. The Morgan fingerprint density at radius 1 is 1.25 bits per heavy atom. The van der Waals surface area contributed by atoms with Gasteiger partial charge in [-0.15, -0.1) is 0 Å². The first-order valence-corrected chi connectivity index (χ1v) is 8.94. The van der Waals surface area contributed by atoms with Crippen LogP contribution in [-0.2, 0) is 19.6 Å². The summed E-state index contributed by atoms with van der Waals surface area (Å²) >= 11 is 0.